The summed E-state index contributed by atoms with van der Waals surface area (Å²) in [6.45, 7) is 0. The summed E-state index contributed by atoms with van der Waals surface area (Å²) in [5.41, 5.74) is 0. The summed E-state index contributed by atoms with van der Waals surface area (Å²) in [4.78, 5) is 0. The molecule has 1 N–H and O–H groups in total. The maximum Gasteiger partial charge on any atom is 0.0612 e. The van der Waals surface area contributed by atoms with Crippen LogP contribution in [0.1, 0.15) is 12.8 Å². The van der Waals surface area contributed by atoms with Gasteiger partial charge in [-0.25, -0.2) is 0 Å². The van der Waals surface area contributed by atoms with Crippen molar-refractivity contribution in [2.75, 3.05) is 11.5 Å². The van der Waals surface area contributed by atoms with Gasteiger partial charge in [0, 0.05) is 5.92 Å². The van der Waals surface area contributed by atoms with Crippen LogP contribution in [0.2, 0.25) is 0 Å². The highest BCUT2D eigenvalue weighted by Crippen LogP contribution is 2.40. The second kappa shape index (κ2) is 2.17. The van der Waals surface area contributed by atoms with Gasteiger partial charge in [-0.15, -0.1) is 0 Å². The first-order valence-electron chi connectivity index (χ1n) is 3.64. The third-order valence-corrected chi connectivity index (χ3v) is 3.58. The molecule has 2 aliphatic rings. The van der Waals surface area contributed by atoms with E-state index < -0.39 is 0 Å². The molecule has 1 nitrogen and oxygen atoms in total. The van der Waals surface area contributed by atoms with E-state index in [2.05, 4.69) is 0 Å². The van der Waals surface area contributed by atoms with Crippen LogP contribution in [0, 0.1) is 11.8 Å². The molecule has 1 heterocycles. The largest absolute Gasteiger partial charge is 0.392 e. The van der Waals surface area contributed by atoms with Crippen LogP contribution >= 0.6 is 11.8 Å². The quantitative estimate of drug-likeness (QED) is 0.626. The van der Waals surface area contributed by atoms with Gasteiger partial charge in [-0.1, -0.05) is 0 Å². The highest BCUT2D eigenvalue weighted by Gasteiger charge is 2.37. The SMILES string of the molecule is OC(C1CC1)C1CSC1. The van der Waals surface area contributed by atoms with Gasteiger partial charge >= 0.3 is 0 Å². The lowest BCUT2D eigenvalue weighted by atomic mass is 10.0. The summed E-state index contributed by atoms with van der Waals surface area (Å²) in [7, 11) is 0. The molecule has 1 saturated heterocycles. The summed E-state index contributed by atoms with van der Waals surface area (Å²) in [5.74, 6) is 3.76. The Morgan fingerprint density at radius 1 is 1.22 bits per heavy atom. The van der Waals surface area contributed by atoms with E-state index in [9.17, 15) is 5.11 Å². The van der Waals surface area contributed by atoms with Crippen LogP contribution in [0.3, 0.4) is 0 Å². The van der Waals surface area contributed by atoms with E-state index in [0.29, 0.717) is 11.8 Å². The van der Waals surface area contributed by atoms with Crippen LogP contribution in [-0.2, 0) is 0 Å². The van der Waals surface area contributed by atoms with E-state index in [4.69, 9.17) is 0 Å². The van der Waals surface area contributed by atoms with Crippen molar-refractivity contribution < 1.29 is 5.11 Å². The first kappa shape index (κ1) is 6.05. The Bertz CT molecular complexity index is 107. The van der Waals surface area contributed by atoms with Crippen LogP contribution in [0.25, 0.3) is 0 Å². The van der Waals surface area contributed by atoms with Crippen molar-refractivity contribution in [3.8, 4) is 0 Å². The number of hydrogen-bond acceptors (Lipinski definition) is 2. The summed E-state index contributed by atoms with van der Waals surface area (Å²) < 4.78 is 0. The van der Waals surface area contributed by atoms with E-state index in [1.54, 1.807) is 0 Å². The van der Waals surface area contributed by atoms with Crippen LogP contribution in [0.15, 0.2) is 0 Å². The van der Waals surface area contributed by atoms with Crippen molar-refractivity contribution in [1.82, 2.24) is 0 Å². The molecule has 1 aliphatic heterocycles. The minimum Gasteiger partial charge on any atom is -0.392 e. The molecule has 52 valence electrons. The van der Waals surface area contributed by atoms with Crippen molar-refractivity contribution in [2.45, 2.75) is 18.9 Å². The van der Waals surface area contributed by atoms with Gasteiger partial charge in [0.25, 0.3) is 0 Å². The molecule has 0 spiro atoms. The van der Waals surface area contributed by atoms with E-state index in [1.165, 1.54) is 24.3 Å². The van der Waals surface area contributed by atoms with Crippen LogP contribution in [0.5, 0.6) is 0 Å². The maximum atomic E-state index is 9.50. The molecule has 0 aromatic carbocycles. The van der Waals surface area contributed by atoms with Gasteiger partial charge in [0.05, 0.1) is 6.10 Å². The first-order chi connectivity index (χ1) is 4.38. The van der Waals surface area contributed by atoms with Crippen molar-refractivity contribution in [2.24, 2.45) is 11.8 Å². The van der Waals surface area contributed by atoms with Gasteiger partial charge in [-0.2, -0.15) is 11.8 Å². The fourth-order valence-corrected chi connectivity index (χ4v) is 2.18. The van der Waals surface area contributed by atoms with Crippen LogP contribution in [-0.4, -0.2) is 22.7 Å². The lowest BCUT2D eigenvalue weighted by Gasteiger charge is -2.29. The Hall–Kier alpha value is 0.310. The molecule has 0 aromatic heterocycles. The number of aliphatic hydroxyl groups excluding tert-OH is 1. The molecule has 2 rings (SSSR count). The van der Waals surface area contributed by atoms with Gasteiger partial charge in [0.1, 0.15) is 0 Å². The molecular weight excluding hydrogens is 132 g/mol. The molecule has 1 unspecified atom stereocenters. The van der Waals surface area contributed by atoms with Crippen molar-refractivity contribution in [1.29, 1.82) is 0 Å². The number of aliphatic hydroxyl groups is 1. The predicted molar refractivity (Wildman–Crippen MR) is 39.5 cm³/mol. The summed E-state index contributed by atoms with van der Waals surface area (Å²) in [6, 6.07) is 0. The van der Waals surface area contributed by atoms with Gasteiger partial charge in [0.2, 0.25) is 0 Å². The third-order valence-electron chi connectivity index (χ3n) is 2.25. The second-order valence-electron chi connectivity index (χ2n) is 3.13. The fraction of sp³-hybridized carbons (Fsp3) is 1.00. The Kier molecular flexibility index (Phi) is 1.46. The monoisotopic (exact) mass is 144 g/mol. The average molecular weight is 144 g/mol. The van der Waals surface area contributed by atoms with E-state index >= 15 is 0 Å². The van der Waals surface area contributed by atoms with E-state index in [-0.39, 0.29) is 6.10 Å². The molecule has 0 bridgehead atoms. The minimum absolute atomic E-state index is 0.0613. The lowest BCUT2D eigenvalue weighted by Crippen LogP contribution is -2.32. The number of hydrogen-bond donors (Lipinski definition) is 1. The summed E-state index contributed by atoms with van der Waals surface area (Å²) >= 11 is 1.96. The Labute approximate surface area is 59.8 Å². The van der Waals surface area contributed by atoms with Gasteiger partial charge in [-0.3, -0.25) is 0 Å². The molecular formula is C7H12OS. The highest BCUT2D eigenvalue weighted by atomic mass is 32.2. The zero-order chi connectivity index (χ0) is 6.27. The zero-order valence-electron chi connectivity index (χ0n) is 5.42. The normalized spacial score (nSPS) is 31.7. The predicted octanol–water partition coefficient (Wildman–Crippen LogP) is 1.12. The number of thioether (sulfide) groups is 1. The van der Waals surface area contributed by atoms with Crippen molar-refractivity contribution >= 4 is 11.8 Å². The van der Waals surface area contributed by atoms with Gasteiger partial charge in [-0.05, 0) is 30.3 Å². The highest BCUT2D eigenvalue weighted by molar-refractivity contribution is 8.00. The van der Waals surface area contributed by atoms with Crippen molar-refractivity contribution in [3.05, 3.63) is 0 Å². The minimum atomic E-state index is 0.0613. The lowest BCUT2D eigenvalue weighted by molar-refractivity contribution is 0.103. The van der Waals surface area contributed by atoms with Crippen LogP contribution in [0.4, 0.5) is 0 Å². The third kappa shape index (κ3) is 1.10. The van der Waals surface area contributed by atoms with E-state index in [0.717, 1.165) is 0 Å². The topological polar surface area (TPSA) is 20.2 Å². The zero-order valence-corrected chi connectivity index (χ0v) is 6.23. The number of rotatable bonds is 2. The fourth-order valence-electron chi connectivity index (χ4n) is 1.27. The van der Waals surface area contributed by atoms with Crippen LogP contribution < -0.4 is 0 Å². The van der Waals surface area contributed by atoms with Gasteiger partial charge in [0.15, 0.2) is 0 Å². The van der Waals surface area contributed by atoms with E-state index in [1.807, 2.05) is 11.8 Å². The molecule has 2 heteroatoms. The molecule has 1 aliphatic carbocycles. The summed E-state index contributed by atoms with van der Waals surface area (Å²) in [6.07, 6.45) is 2.62. The average Bonchev–Trinajstić information content (AvgIpc) is 2.37. The Balaban J connectivity index is 1.81. The maximum absolute atomic E-state index is 9.50. The molecule has 0 aromatic rings. The molecule has 1 saturated carbocycles. The van der Waals surface area contributed by atoms with Gasteiger partial charge < -0.3 is 5.11 Å². The second-order valence-corrected chi connectivity index (χ2v) is 4.20. The molecule has 1 atom stereocenters. The van der Waals surface area contributed by atoms with Crippen molar-refractivity contribution in [3.63, 3.8) is 0 Å². The standard InChI is InChI=1S/C7H12OS/c8-7(5-1-2-5)6-3-9-4-6/h5-8H,1-4H2. The summed E-state index contributed by atoms with van der Waals surface area (Å²) in [5, 5.41) is 9.50. The molecule has 9 heavy (non-hydrogen) atoms. The Morgan fingerprint density at radius 2 is 1.89 bits per heavy atom. The molecule has 0 amide bonds. The smallest absolute Gasteiger partial charge is 0.0612 e. The Morgan fingerprint density at radius 3 is 2.22 bits per heavy atom. The first-order valence-corrected chi connectivity index (χ1v) is 4.79. The molecule has 0 radical (unpaired) electrons. The molecule has 2 fully saturated rings.